The minimum Gasteiger partial charge on any atom is -0.488 e. The number of nitro benzene ring substituents is 1. The van der Waals surface area contributed by atoms with E-state index < -0.39 is 4.92 Å². The lowest BCUT2D eigenvalue weighted by Gasteiger charge is -2.12. The Kier molecular flexibility index (Phi) is 5.72. The summed E-state index contributed by atoms with van der Waals surface area (Å²) in [6.07, 6.45) is 1.69. The van der Waals surface area contributed by atoms with Gasteiger partial charge in [0.15, 0.2) is 0 Å². The first-order valence-electron chi connectivity index (χ1n) is 9.71. The van der Waals surface area contributed by atoms with Gasteiger partial charge < -0.3 is 4.74 Å². The lowest BCUT2D eigenvalue weighted by atomic mass is 10.0. The van der Waals surface area contributed by atoms with Gasteiger partial charge in [-0.3, -0.25) is 10.1 Å². The summed E-state index contributed by atoms with van der Waals surface area (Å²) < 4.78 is 6.11. The minimum absolute atomic E-state index is 0.0564. The van der Waals surface area contributed by atoms with E-state index in [1.54, 1.807) is 18.2 Å². The highest BCUT2D eigenvalue weighted by molar-refractivity contribution is 5.91. The zero-order valence-electron chi connectivity index (χ0n) is 16.6. The van der Waals surface area contributed by atoms with Crippen LogP contribution in [0.2, 0.25) is 0 Å². The summed E-state index contributed by atoms with van der Waals surface area (Å²) in [7, 11) is 0. The molecule has 4 aromatic carbocycles. The van der Waals surface area contributed by atoms with Crippen molar-refractivity contribution < 1.29 is 9.66 Å². The first-order chi connectivity index (χ1) is 15.2. The smallest absolute Gasteiger partial charge is 0.270 e. The summed E-state index contributed by atoms with van der Waals surface area (Å²) in [4.78, 5) is 10.6. The van der Waals surface area contributed by atoms with Gasteiger partial charge in [-0.15, -0.1) is 0 Å². The van der Waals surface area contributed by atoms with E-state index in [0.717, 1.165) is 21.9 Å². The molecular weight excluding hydrogens is 388 g/mol. The molecule has 0 amide bonds. The van der Waals surface area contributed by atoms with Gasteiger partial charge in [0.2, 0.25) is 0 Å². The SMILES string of the molecule is N#C/C(=C/c1ccccc1OCc1cccc2ccccc12)c1cccc([N+](=O)[O-])c1. The summed E-state index contributed by atoms with van der Waals surface area (Å²) in [5, 5.41) is 23.0. The number of nitro groups is 1. The number of fused-ring (bicyclic) bond motifs is 1. The molecule has 0 bridgehead atoms. The second-order valence-electron chi connectivity index (χ2n) is 6.94. The lowest BCUT2D eigenvalue weighted by molar-refractivity contribution is -0.384. The first-order valence-corrected chi connectivity index (χ1v) is 9.71. The highest BCUT2D eigenvalue weighted by Crippen LogP contribution is 2.28. The molecule has 0 N–H and O–H groups in total. The maximum Gasteiger partial charge on any atom is 0.270 e. The molecule has 0 heterocycles. The summed E-state index contributed by atoms with van der Waals surface area (Å²) in [6, 6.07) is 29.9. The Morgan fingerprint density at radius 1 is 0.968 bits per heavy atom. The van der Waals surface area contributed by atoms with Crippen LogP contribution in [-0.2, 0) is 6.61 Å². The third-order valence-corrected chi connectivity index (χ3v) is 4.97. The van der Waals surface area contributed by atoms with E-state index in [0.29, 0.717) is 23.5 Å². The van der Waals surface area contributed by atoms with Crippen LogP contribution in [0.25, 0.3) is 22.4 Å². The van der Waals surface area contributed by atoms with Crippen LogP contribution >= 0.6 is 0 Å². The molecule has 0 saturated heterocycles. The summed E-state index contributed by atoms with van der Waals surface area (Å²) >= 11 is 0. The number of hydrogen-bond donors (Lipinski definition) is 0. The second-order valence-corrected chi connectivity index (χ2v) is 6.94. The summed E-state index contributed by atoms with van der Waals surface area (Å²) in [5.74, 6) is 0.633. The largest absolute Gasteiger partial charge is 0.488 e. The molecule has 0 saturated carbocycles. The fourth-order valence-corrected chi connectivity index (χ4v) is 3.43. The highest BCUT2D eigenvalue weighted by Gasteiger charge is 2.10. The van der Waals surface area contributed by atoms with Crippen molar-refractivity contribution in [2.24, 2.45) is 0 Å². The molecule has 0 aromatic heterocycles. The third kappa shape index (κ3) is 4.44. The van der Waals surface area contributed by atoms with Crippen molar-refractivity contribution in [3.8, 4) is 11.8 Å². The van der Waals surface area contributed by atoms with Crippen LogP contribution in [0, 0.1) is 21.4 Å². The van der Waals surface area contributed by atoms with E-state index in [1.807, 2.05) is 48.5 Å². The van der Waals surface area contributed by atoms with Gasteiger partial charge in [-0.05, 0) is 34.0 Å². The number of ether oxygens (including phenoxy) is 1. The maximum absolute atomic E-state index is 11.1. The highest BCUT2D eigenvalue weighted by atomic mass is 16.6. The van der Waals surface area contributed by atoms with Gasteiger partial charge in [-0.2, -0.15) is 5.26 Å². The number of hydrogen-bond acceptors (Lipinski definition) is 4. The molecule has 0 spiro atoms. The normalized spacial score (nSPS) is 11.1. The molecule has 4 aromatic rings. The molecule has 0 atom stereocenters. The Labute approximate surface area is 179 Å². The second kappa shape index (κ2) is 8.93. The van der Waals surface area contributed by atoms with Gasteiger partial charge in [-0.1, -0.05) is 72.8 Å². The molecule has 0 aliphatic rings. The maximum atomic E-state index is 11.1. The van der Waals surface area contributed by atoms with Crippen molar-refractivity contribution in [3.63, 3.8) is 0 Å². The lowest BCUT2D eigenvalue weighted by Crippen LogP contribution is -1.98. The predicted molar refractivity (Wildman–Crippen MR) is 121 cm³/mol. The number of rotatable bonds is 6. The van der Waals surface area contributed by atoms with Crippen molar-refractivity contribution in [3.05, 3.63) is 118 Å². The molecule has 0 unspecified atom stereocenters. The third-order valence-electron chi connectivity index (χ3n) is 4.97. The fourth-order valence-electron chi connectivity index (χ4n) is 3.43. The van der Waals surface area contributed by atoms with E-state index in [1.165, 1.54) is 12.1 Å². The monoisotopic (exact) mass is 406 g/mol. The average molecular weight is 406 g/mol. The van der Waals surface area contributed by atoms with Gasteiger partial charge in [-0.25, -0.2) is 0 Å². The number of non-ortho nitro benzene ring substituents is 1. The molecule has 4 rings (SSSR count). The van der Waals surface area contributed by atoms with E-state index in [-0.39, 0.29) is 5.69 Å². The molecule has 0 radical (unpaired) electrons. The van der Waals surface area contributed by atoms with E-state index in [2.05, 4.69) is 24.3 Å². The van der Waals surface area contributed by atoms with Crippen molar-refractivity contribution in [2.75, 3.05) is 0 Å². The Morgan fingerprint density at radius 3 is 2.55 bits per heavy atom. The van der Waals surface area contributed by atoms with Crippen LogP contribution in [-0.4, -0.2) is 4.92 Å². The molecule has 0 fully saturated rings. The zero-order chi connectivity index (χ0) is 21.6. The van der Waals surface area contributed by atoms with E-state index in [4.69, 9.17) is 4.74 Å². The molecular formula is C26H18N2O3. The van der Waals surface area contributed by atoms with Crippen LogP contribution < -0.4 is 4.74 Å². The quantitative estimate of drug-likeness (QED) is 0.161. The Bertz CT molecular complexity index is 1330. The average Bonchev–Trinajstić information content (AvgIpc) is 2.81. The van der Waals surface area contributed by atoms with Gasteiger partial charge in [0, 0.05) is 17.7 Å². The Morgan fingerprint density at radius 2 is 1.71 bits per heavy atom. The standard InChI is InChI=1S/C26H18N2O3/c27-17-23(20-10-6-12-24(16-20)28(29)30)15-21-8-2-4-14-26(21)31-18-22-11-5-9-19-7-1-3-13-25(19)22/h1-16H,18H2/b23-15-. The van der Waals surface area contributed by atoms with E-state index in [9.17, 15) is 15.4 Å². The van der Waals surface area contributed by atoms with Crippen LogP contribution in [0.4, 0.5) is 5.69 Å². The van der Waals surface area contributed by atoms with Crippen molar-refractivity contribution in [1.29, 1.82) is 5.26 Å². The molecule has 0 aliphatic heterocycles. The number of para-hydroxylation sites is 1. The number of allylic oxidation sites excluding steroid dienone is 1. The Hall–Kier alpha value is -4.43. The van der Waals surface area contributed by atoms with E-state index >= 15 is 0 Å². The van der Waals surface area contributed by atoms with Crippen LogP contribution in [0.3, 0.4) is 0 Å². The van der Waals surface area contributed by atoms with Crippen molar-refractivity contribution >= 4 is 28.1 Å². The molecule has 5 nitrogen and oxygen atoms in total. The minimum atomic E-state index is -0.472. The van der Waals surface area contributed by atoms with Gasteiger partial charge in [0.05, 0.1) is 16.6 Å². The zero-order valence-corrected chi connectivity index (χ0v) is 16.6. The summed E-state index contributed by atoms with van der Waals surface area (Å²) in [5.41, 5.74) is 2.55. The van der Waals surface area contributed by atoms with Crippen LogP contribution in [0.1, 0.15) is 16.7 Å². The molecule has 150 valence electrons. The van der Waals surface area contributed by atoms with Gasteiger partial charge in [0.25, 0.3) is 5.69 Å². The van der Waals surface area contributed by atoms with Gasteiger partial charge in [0.1, 0.15) is 12.4 Å². The first kappa shape index (κ1) is 19.9. The van der Waals surface area contributed by atoms with Crippen molar-refractivity contribution in [1.82, 2.24) is 0 Å². The Balaban J connectivity index is 1.64. The van der Waals surface area contributed by atoms with Crippen LogP contribution in [0.5, 0.6) is 5.75 Å². The van der Waals surface area contributed by atoms with Crippen molar-refractivity contribution in [2.45, 2.75) is 6.61 Å². The van der Waals surface area contributed by atoms with Crippen LogP contribution in [0.15, 0.2) is 91.0 Å². The molecule has 31 heavy (non-hydrogen) atoms. The number of benzene rings is 4. The number of nitrogens with zero attached hydrogens (tertiary/aromatic N) is 2. The number of nitriles is 1. The fraction of sp³-hybridized carbons (Fsp3) is 0.0385. The molecule has 5 heteroatoms. The molecule has 0 aliphatic carbocycles. The summed E-state index contributed by atoms with van der Waals surface area (Å²) in [6.45, 7) is 0.380. The topological polar surface area (TPSA) is 76.2 Å². The van der Waals surface area contributed by atoms with Gasteiger partial charge >= 0.3 is 0 Å². The predicted octanol–water partition coefficient (Wildman–Crippen LogP) is 6.39.